The van der Waals surface area contributed by atoms with Crippen molar-refractivity contribution in [2.24, 2.45) is 0 Å². The van der Waals surface area contributed by atoms with Crippen LogP contribution in [0.3, 0.4) is 0 Å². The average Bonchev–Trinajstić information content (AvgIpc) is 3.51. The summed E-state index contributed by atoms with van der Waals surface area (Å²) in [4.78, 5) is 22.3. The smallest absolute Gasteiger partial charge is 0.268 e. The van der Waals surface area contributed by atoms with E-state index in [-0.39, 0.29) is 5.91 Å². The van der Waals surface area contributed by atoms with Crippen LogP contribution in [-0.4, -0.2) is 27.9 Å². The van der Waals surface area contributed by atoms with Crippen LogP contribution in [-0.2, 0) is 24.3 Å². The zero-order valence-corrected chi connectivity index (χ0v) is 24.1. The number of nitrogens with zero attached hydrogens (tertiary/aromatic N) is 2. The monoisotopic (exact) mass is 573 g/mol. The fourth-order valence-electron chi connectivity index (χ4n) is 4.82. The number of nitrogens with one attached hydrogen (secondary N) is 1. The lowest BCUT2D eigenvalue weighted by atomic mass is 10.0. The molecule has 1 N–H and O–H groups in total. The molecule has 0 atom stereocenters. The maximum atomic E-state index is 13.6. The topological polar surface area (TPSA) is 54.5 Å². The number of halogens is 1. The van der Waals surface area contributed by atoms with Gasteiger partial charge in [-0.05, 0) is 67.8 Å². The molecule has 39 heavy (non-hydrogen) atoms. The van der Waals surface area contributed by atoms with Crippen molar-refractivity contribution in [1.29, 1.82) is 0 Å². The Morgan fingerprint density at radius 1 is 1.03 bits per heavy atom. The zero-order valence-electron chi connectivity index (χ0n) is 21.7. The molecule has 0 fully saturated rings. The number of thiophene rings is 1. The molecular weight excluding hydrogens is 546 g/mol. The van der Waals surface area contributed by atoms with Gasteiger partial charge in [0.05, 0.1) is 10.2 Å². The Balaban J connectivity index is 1.32. The second-order valence-electron chi connectivity index (χ2n) is 10.2. The Labute approximate surface area is 241 Å². The summed E-state index contributed by atoms with van der Waals surface area (Å²) in [5.41, 5.74) is 3.52. The number of hydrogen-bond donors (Lipinski definition) is 1. The van der Waals surface area contributed by atoms with Gasteiger partial charge in [0.2, 0.25) is 0 Å². The number of carbonyl (C=O) groups is 1. The van der Waals surface area contributed by atoms with Crippen LogP contribution in [0.4, 0.5) is 5.00 Å². The molecule has 0 radical (unpaired) electrons. The number of amides is 1. The van der Waals surface area contributed by atoms with Gasteiger partial charge in [-0.15, -0.1) is 22.7 Å². The highest BCUT2D eigenvalue weighted by Gasteiger charge is 2.33. The van der Waals surface area contributed by atoms with Crippen molar-refractivity contribution in [1.82, 2.24) is 9.88 Å². The van der Waals surface area contributed by atoms with Crippen molar-refractivity contribution in [2.75, 3.05) is 11.9 Å². The molecule has 2 aromatic heterocycles. The number of ether oxygens (including phenoxy) is 1. The highest BCUT2D eigenvalue weighted by Crippen LogP contribution is 2.46. The Morgan fingerprint density at radius 2 is 1.77 bits per heavy atom. The molecule has 1 aliphatic heterocycles. The van der Waals surface area contributed by atoms with Gasteiger partial charge in [-0.3, -0.25) is 9.69 Å². The average molecular weight is 574 g/mol. The first kappa shape index (κ1) is 26.0. The molecule has 5 aromatic rings. The van der Waals surface area contributed by atoms with E-state index in [9.17, 15) is 4.79 Å². The van der Waals surface area contributed by atoms with Gasteiger partial charge < -0.3 is 10.1 Å². The van der Waals surface area contributed by atoms with Crippen LogP contribution in [0.5, 0.6) is 5.75 Å². The molecule has 8 heteroatoms. The van der Waals surface area contributed by atoms with Gasteiger partial charge in [-0.25, -0.2) is 4.98 Å². The maximum absolute atomic E-state index is 13.6. The van der Waals surface area contributed by atoms with E-state index in [1.807, 2.05) is 18.2 Å². The van der Waals surface area contributed by atoms with Gasteiger partial charge in [-0.2, -0.15) is 0 Å². The van der Waals surface area contributed by atoms with Crippen LogP contribution in [0.1, 0.15) is 29.9 Å². The van der Waals surface area contributed by atoms with Crippen molar-refractivity contribution >= 4 is 55.4 Å². The SMILES string of the molecule is CC(C)(Oc1ccc(Cl)cc1)C(=O)Nc1sc2c(c1-c1nc3ccccc3s1)CCN(Cc1ccccc1)C2. The standard InChI is InChI=1S/C31H28ClN3O2S2/c1-31(2,37-22-14-12-21(32)13-15-22)30(36)34-29-27(28-33-24-10-6-7-11-25(24)38-28)23-16-17-35(19-26(23)39-29)18-20-8-4-3-5-9-20/h3-15H,16-19H2,1-2H3,(H,34,36). The van der Waals surface area contributed by atoms with Crippen LogP contribution >= 0.6 is 34.3 Å². The first-order valence-corrected chi connectivity index (χ1v) is 14.9. The van der Waals surface area contributed by atoms with Crippen LogP contribution in [0.15, 0.2) is 78.9 Å². The Hall–Kier alpha value is -3.23. The highest BCUT2D eigenvalue weighted by molar-refractivity contribution is 7.23. The molecular formula is C31H28ClN3O2S2. The summed E-state index contributed by atoms with van der Waals surface area (Å²) < 4.78 is 7.22. The predicted octanol–water partition coefficient (Wildman–Crippen LogP) is 8.03. The van der Waals surface area contributed by atoms with Crippen molar-refractivity contribution in [3.63, 3.8) is 0 Å². The Bertz CT molecular complexity index is 1590. The molecule has 0 bridgehead atoms. The van der Waals surface area contributed by atoms with E-state index in [4.69, 9.17) is 21.3 Å². The molecule has 5 nitrogen and oxygen atoms in total. The number of para-hydroxylation sites is 1. The fourth-order valence-corrected chi connectivity index (χ4v) is 7.35. The van der Waals surface area contributed by atoms with Crippen LogP contribution in [0, 0.1) is 0 Å². The summed E-state index contributed by atoms with van der Waals surface area (Å²) in [6.07, 6.45) is 0.907. The first-order valence-electron chi connectivity index (χ1n) is 12.9. The van der Waals surface area contributed by atoms with E-state index in [2.05, 4.69) is 46.6 Å². The summed E-state index contributed by atoms with van der Waals surface area (Å²) in [7, 11) is 0. The minimum atomic E-state index is -1.09. The van der Waals surface area contributed by atoms with Gasteiger partial charge >= 0.3 is 0 Å². The van der Waals surface area contributed by atoms with E-state index < -0.39 is 5.60 Å². The third kappa shape index (κ3) is 5.58. The third-order valence-electron chi connectivity index (χ3n) is 6.85. The lowest BCUT2D eigenvalue weighted by Gasteiger charge is -2.27. The summed E-state index contributed by atoms with van der Waals surface area (Å²) in [5, 5.41) is 5.62. The largest absolute Gasteiger partial charge is 0.478 e. The number of benzene rings is 3. The molecule has 6 rings (SSSR count). The molecule has 0 saturated heterocycles. The summed E-state index contributed by atoms with van der Waals surface area (Å²) >= 11 is 9.35. The molecule has 3 aromatic carbocycles. The van der Waals surface area contributed by atoms with Crippen molar-refractivity contribution < 1.29 is 9.53 Å². The lowest BCUT2D eigenvalue weighted by molar-refractivity contribution is -0.128. The number of hydrogen-bond acceptors (Lipinski definition) is 6. The van der Waals surface area contributed by atoms with Gasteiger partial charge in [0.1, 0.15) is 15.8 Å². The van der Waals surface area contributed by atoms with E-state index in [1.54, 1.807) is 60.8 Å². The first-order chi connectivity index (χ1) is 18.9. The Morgan fingerprint density at radius 3 is 2.54 bits per heavy atom. The van der Waals surface area contributed by atoms with Crippen molar-refractivity contribution in [3.8, 4) is 16.3 Å². The molecule has 0 saturated carbocycles. The molecule has 198 valence electrons. The van der Waals surface area contributed by atoms with Crippen molar-refractivity contribution in [2.45, 2.75) is 39.0 Å². The molecule has 0 spiro atoms. The van der Waals surface area contributed by atoms with Crippen molar-refractivity contribution in [3.05, 3.63) is 99.9 Å². The van der Waals surface area contributed by atoms with Gasteiger partial charge in [0, 0.05) is 35.1 Å². The minimum absolute atomic E-state index is 0.209. The van der Waals surface area contributed by atoms with Crippen LogP contribution in [0.25, 0.3) is 20.8 Å². The molecule has 1 amide bonds. The molecule has 3 heterocycles. The van der Waals surface area contributed by atoms with E-state index >= 15 is 0 Å². The number of fused-ring (bicyclic) bond motifs is 2. The van der Waals surface area contributed by atoms with Gasteiger partial charge in [0.25, 0.3) is 5.91 Å². The fraction of sp³-hybridized carbons (Fsp3) is 0.226. The lowest BCUT2D eigenvalue weighted by Crippen LogP contribution is -2.42. The number of anilines is 1. The minimum Gasteiger partial charge on any atom is -0.478 e. The molecule has 1 aliphatic rings. The summed E-state index contributed by atoms with van der Waals surface area (Å²) in [5.74, 6) is 0.382. The number of thiazole rings is 1. The van der Waals surface area contributed by atoms with Gasteiger partial charge in [-0.1, -0.05) is 54.1 Å². The maximum Gasteiger partial charge on any atom is 0.268 e. The molecule has 0 unspecified atom stereocenters. The van der Waals surface area contributed by atoms with E-state index in [1.165, 1.54) is 16.0 Å². The third-order valence-corrected chi connectivity index (χ3v) is 9.29. The summed E-state index contributed by atoms with van der Waals surface area (Å²) in [6, 6.07) is 25.8. The van der Waals surface area contributed by atoms with E-state index in [0.29, 0.717) is 10.8 Å². The molecule has 0 aliphatic carbocycles. The van der Waals surface area contributed by atoms with Crippen LogP contribution in [0.2, 0.25) is 5.02 Å². The Kier molecular flexibility index (Phi) is 7.16. The van der Waals surface area contributed by atoms with Crippen LogP contribution < -0.4 is 10.1 Å². The van der Waals surface area contributed by atoms with Gasteiger partial charge in [0.15, 0.2) is 5.60 Å². The zero-order chi connectivity index (χ0) is 27.0. The quantitative estimate of drug-likeness (QED) is 0.214. The summed E-state index contributed by atoms with van der Waals surface area (Å²) in [6.45, 7) is 6.26. The second-order valence-corrected chi connectivity index (χ2v) is 12.7. The second kappa shape index (κ2) is 10.7. The predicted molar refractivity (Wildman–Crippen MR) is 162 cm³/mol. The number of carbonyl (C=O) groups excluding carboxylic acids is 1. The number of rotatable bonds is 7. The number of aromatic nitrogens is 1. The van der Waals surface area contributed by atoms with E-state index in [0.717, 1.165) is 51.8 Å². The normalized spacial score (nSPS) is 13.8. The highest BCUT2D eigenvalue weighted by atomic mass is 35.5.